The Hall–Kier alpha value is -1.66. The average molecular weight is 319 g/mol. The lowest BCUT2D eigenvalue weighted by atomic mass is 10.1. The maximum Gasteiger partial charge on any atom is 0.257 e. The minimum Gasteiger partial charge on any atom is -0.376 e. The van der Waals surface area contributed by atoms with Gasteiger partial charge in [0.1, 0.15) is 0 Å². The van der Waals surface area contributed by atoms with Crippen LogP contribution in [0, 0.1) is 6.92 Å². The number of carbonyl (C=O) groups excluding carboxylic acids is 1. The standard InChI is InChI=1S/C16H21N3O2S/c1-12-15(10-18(2)17-12)16(20)19(8-13-5-7-22-11-13)9-14-4-3-6-21-14/h5,7,10-11,14H,3-4,6,8-9H2,1-2H3/t14-/m0/s1. The Labute approximate surface area is 134 Å². The second kappa shape index (κ2) is 6.62. The van der Waals surface area contributed by atoms with E-state index in [1.54, 1.807) is 22.2 Å². The molecular weight excluding hydrogens is 298 g/mol. The minimum absolute atomic E-state index is 0.0345. The zero-order valence-corrected chi connectivity index (χ0v) is 13.8. The molecule has 1 aliphatic heterocycles. The van der Waals surface area contributed by atoms with E-state index >= 15 is 0 Å². The Morgan fingerprint density at radius 3 is 3.05 bits per heavy atom. The van der Waals surface area contributed by atoms with Gasteiger partial charge in [-0.2, -0.15) is 16.4 Å². The van der Waals surface area contributed by atoms with E-state index in [2.05, 4.69) is 16.5 Å². The second-order valence-corrected chi connectivity index (χ2v) is 6.53. The topological polar surface area (TPSA) is 47.4 Å². The summed E-state index contributed by atoms with van der Waals surface area (Å²) in [7, 11) is 1.84. The van der Waals surface area contributed by atoms with Crippen molar-refractivity contribution in [2.45, 2.75) is 32.4 Å². The zero-order chi connectivity index (χ0) is 15.5. The molecule has 1 aliphatic rings. The predicted molar refractivity (Wildman–Crippen MR) is 86.0 cm³/mol. The lowest BCUT2D eigenvalue weighted by molar-refractivity contribution is 0.0507. The largest absolute Gasteiger partial charge is 0.376 e. The van der Waals surface area contributed by atoms with Gasteiger partial charge < -0.3 is 9.64 Å². The van der Waals surface area contributed by atoms with Gasteiger partial charge >= 0.3 is 0 Å². The first-order valence-corrected chi connectivity index (χ1v) is 8.50. The van der Waals surface area contributed by atoms with Crippen molar-refractivity contribution < 1.29 is 9.53 Å². The van der Waals surface area contributed by atoms with E-state index in [0.717, 1.165) is 30.7 Å². The summed E-state index contributed by atoms with van der Waals surface area (Å²) in [5, 5.41) is 8.41. The fourth-order valence-electron chi connectivity index (χ4n) is 2.84. The molecule has 3 heterocycles. The molecule has 0 bridgehead atoms. The monoisotopic (exact) mass is 319 g/mol. The summed E-state index contributed by atoms with van der Waals surface area (Å²) in [6.45, 7) is 3.94. The molecule has 0 radical (unpaired) electrons. The highest BCUT2D eigenvalue weighted by molar-refractivity contribution is 7.07. The van der Waals surface area contributed by atoms with Gasteiger partial charge in [0.2, 0.25) is 0 Å². The summed E-state index contributed by atoms with van der Waals surface area (Å²) in [4.78, 5) is 14.8. The number of aromatic nitrogens is 2. The van der Waals surface area contributed by atoms with E-state index in [1.807, 2.05) is 24.3 Å². The maximum atomic E-state index is 12.9. The Morgan fingerprint density at radius 1 is 1.59 bits per heavy atom. The van der Waals surface area contributed by atoms with E-state index in [9.17, 15) is 4.79 Å². The third-order valence-electron chi connectivity index (χ3n) is 3.93. The average Bonchev–Trinajstić information content (AvgIpc) is 3.20. The molecule has 1 amide bonds. The maximum absolute atomic E-state index is 12.9. The van der Waals surface area contributed by atoms with Crippen molar-refractivity contribution in [2.24, 2.45) is 7.05 Å². The molecule has 0 aromatic carbocycles. The predicted octanol–water partition coefficient (Wildman–Crippen LogP) is 2.61. The lowest BCUT2D eigenvalue weighted by Gasteiger charge is -2.25. The molecule has 1 atom stereocenters. The SMILES string of the molecule is Cc1nn(C)cc1C(=O)N(Cc1ccsc1)C[C@@H]1CCCO1. The van der Waals surface area contributed by atoms with E-state index < -0.39 is 0 Å². The molecule has 0 saturated carbocycles. The van der Waals surface area contributed by atoms with E-state index in [4.69, 9.17) is 4.74 Å². The van der Waals surface area contributed by atoms with Crippen molar-refractivity contribution in [1.29, 1.82) is 0 Å². The summed E-state index contributed by atoms with van der Waals surface area (Å²) < 4.78 is 7.40. The van der Waals surface area contributed by atoms with Gasteiger partial charge in [0, 0.05) is 32.9 Å². The third-order valence-corrected chi connectivity index (χ3v) is 4.66. The van der Waals surface area contributed by atoms with Crippen molar-refractivity contribution in [3.05, 3.63) is 39.8 Å². The van der Waals surface area contributed by atoms with Gasteiger partial charge in [-0.25, -0.2) is 0 Å². The van der Waals surface area contributed by atoms with Crippen molar-refractivity contribution in [1.82, 2.24) is 14.7 Å². The first-order chi connectivity index (χ1) is 10.6. The van der Waals surface area contributed by atoms with Crippen molar-refractivity contribution >= 4 is 17.2 Å². The van der Waals surface area contributed by atoms with Gasteiger partial charge in [0.15, 0.2) is 0 Å². The fraction of sp³-hybridized carbons (Fsp3) is 0.500. The fourth-order valence-corrected chi connectivity index (χ4v) is 3.50. The Kier molecular flexibility index (Phi) is 4.59. The highest BCUT2D eigenvalue weighted by atomic mass is 32.1. The van der Waals surface area contributed by atoms with Gasteiger partial charge in [-0.1, -0.05) is 0 Å². The van der Waals surface area contributed by atoms with Crippen molar-refractivity contribution in [3.8, 4) is 0 Å². The van der Waals surface area contributed by atoms with Gasteiger partial charge in [-0.15, -0.1) is 0 Å². The third kappa shape index (κ3) is 3.39. The molecule has 2 aromatic heterocycles. The van der Waals surface area contributed by atoms with Gasteiger partial charge in [0.25, 0.3) is 5.91 Å². The Bertz CT molecular complexity index is 630. The molecule has 5 nitrogen and oxygen atoms in total. The van der Waals surface area contributed by atoms with E-state index in [1.165, 1.54) is 0 Å². The number of rotatable bonds is 5. The van der Waals surface area contributed by atoms with Crippen LogP contribution in [-0.2, 0) is 18.3 Å². The van der Waals surface area contributed by atoms with Gasteiger partial charge in [-0.3, -0.25) is 9.48 Å². The molecule has 0 unspecified atom stereocenters. The van der Waals surface area contributed by atoms with Crippen molar-refractivity contribution in [2.75, 3.05) is 13.2 Å². The molecule has 118 valence electrons. The highest BCUT2D eigenvalue weighted by Crippen LogP contribution is 2.19. The summed E-state index contributed by atoms with van der Waals surface area (Å²) in [5.41, 5.74) is 2.61. The Balaban J connectivity index is 1.79. The van der Waals surface area contributed by atoms with Crippen LogP contribution in [0.2, 0.25) is 0 Å². The van der Waals surface area contributed by atoms with Gasteiger partial charge in [0.05, 0.1) is 17.4 Å². The molecule has 1 fully saturated rings. The number of thiophene rings is 1. The van der Waals surface area contributed by atoms with Crippen LogP contribution in [-0.4, -0.2) is 39.8 Å². The van der Waals surface area contributed by atoms with E-state index in [0.29, 0.717) is 18.7 Å². The summed E-state index contributed by atoms with van der Waals surface area (Å²) >= 11 is 1.65. The van der Waals surface area contributed by atoms with Crippen LogP contribution in [0.3, 0.4) is 0 Å². The van der Waals surface area contributed by atoms with Crippen LogP contribution in [0.5, 0.6) is 0 Å². The molecule has 0 spiro atoms. The smallest absolute Gasteiger partial charge is 0.257 e. The quantitative estimate of drug-likeness (QED) is 0.851. The van der Waals surface area contributed by atoms with Gasteiger partial charge in [-0.05, 0) is 42.2 Å². The van der Waals surface area contributed by atoms with Crippen LogP contribution < -0.4 is 0 Å². The Morgan fingerprint density at radius 2 is 2.45 bits per heavy atom. The number of amides is 1. The summed E-state index contributed by atoms with van der Waals surface area (Å²) in [6, 6.07) is 2.07. The zero-order valence-electron chi connectivity index (χ0n) is 13.0. The molecule has 22 heavy (non-hydrogen) atoms. The van der Waals surface area contributed by atoms with Crippen LogP contribution in [0.4, 0.5) is 0 Å². The first kappa shape index (κ1) is 15.2. The van der Waals surface area contributed by atoms with Crippen LogP contribution in [0.1, 0.15) is 34.5 Å². The summed E-state index contributed by atoms with van der Waals surface area (Å²) in [6.07, 6.45) is 4.06. The molecule has 1 saturated heterocycles. The molecule has 0 aliphatic carbocycles. The number of hydrogen-bond donors (Lipinski definition) is 0. The highest BCUT2D eigenvalue weighted by Gasteiger charge is 2.25. The van der Waals surface area contributed by atoms with Crippen molar-refractivity contribution in [3.63, 3.8) is 0 Å². The summed E-state index contributed by atoms with van der Waals surface area (Å²) in [5.74, 6) is 0.0345. The number of carbonyl (C=O) groups is 1. The molecular formula is C16H21N3O2S. The van der Waals surface area contributed by atoms with Crippen LogP contribution in [0.15, 0.2) is 23.0 Å². The number of ether oxygens (including phenoxy) is 1. The van der Waals surface area contributed by atoms with Crippen LogP contribution in [0.25, 0.3) is 0 Å². The molecule has 6 heteroatoms. The molecule has 2 aromatic rings. The number of nitrogens with zero attached hydrogens (tertiary/aromatic N) is 3. The molecule has 3 rings (SSSR count). The normalized spacial score (nSPS) is 17.8. The molecule has 0 N–H and O–H groups in total. The minimum atomic E-state index is 0.0345. The lowest BCUT2D eigenvalue weighted by Crippen LogP contribution is -2.37. The van der Waals surface area contributed by atoms with Crippen LogP contribution >= 0.6 is 11.3 Å². The number of hydrogen-bond acceptors (Lipinski definition) is 4. The first-order valence-electron chi connectivity index (χ1n) is 7.55. The second-order valence-electron chi connectivity index (χ2n) is 5.75. The van der Waals surface area contributed by atoms with E-state index in [-0.39, 0.29) is 12.0 Å². The number of aryl methyl sites for hydroxylation is 2.